The zero-order valence-electron chi connectivity index (χ0n) is 11.2. The zero-order chi connectivity index (χ0) is 13.4. The number of nitrogens with zero attached hydrogens (tertiary/aromatic N) is 4. The monoisotopic (exact) mass is 260 g/mol. The Balaban J connectivity index is 1.82. The maximum absolute atomic E-state index is 7.46. The Morgan fingerprint density at radius 1 is 1.37 bits per heavy atom. The van der Waals surface area contributed by atoms with Crippen LogP contribution in [-0.2, 0) is 0 Å². The Labute approximate surface area is 113 Å². The van der Waals surface area contributed by atoms with Crippen molar-refractivity contribution in [3.63, 3.8) is 0 Å². The van der Waals surface area contributed by atoms with Gasteiger partial charge in [-0.15, -0.1) is 0 Å². The summed E-state index contributed by atoms with van der Waals surface area (Å²) in [6.07, 6.45) is 5.40. The third-order valence-corrected chi connectivity index (χ3v) is 4.35. The number of nitrogens with two attached hydrogens (primary N) is 1. The highest BCUT2D eigenvalue weighted by molar-refractivity contribution is 5.93. The van der Waals surface area contributed by atoms with E-state index in [1.807, 2.05) is 0 Å². The molecule has 3 rings (SSSR count). The van der Waals surface area contributed by atoms with Gasteiger partial charge >= 0.3 is 0 Å². The zero-order valence-corrected chi connectivity index (χ0v) is 11.2. The summed E-state index contributed by atoms with van der Waals surface area (Å²) in [7, 11) is 2.22. The first-order chi connectivity index (χ1) is 9.15. The van der Waals surface area contributed by atoms with E-state index in [2.05, 4.69) is 26.8 Å². The van der Waals surface area contributed by atoms with Gasteiger partial charge in [-0.2, -0.15) is 0 Å². The van der Waals surface area contributed by atoms with Crippen molar-refractivity contribution >= 4 is 11.8 Å². The molecule has 19 heavy (non-hydrogen) atoms. The van der Waals surface area contributed by atoms with Crippen molar-refractivity contribution in [2.45, 2.75) is 31.3 Å². The summed E-state index contributed by atoms with van der Waals surface area (Å²) in [5, 5.41) is 7.46. The van der Waals surface area contributed by atoms with Crippen LogP contribution >= 0.6 is 0 Å². The van der Waals surface area contributed by atoms with Crippen molar-refractivity contribution in [3.8, 4) is 0 Å². The number of rotatable bonds is 2. The maximum Gasteiger partial charge on any atom is 0.226 e. The summed E-state index contributed by atoms with van der Waals surface area (Å²) in [5.74, 6) is 0.700. The van der Waals surface area contributed by atoms with Crippen molar-refractivity contribution in [2.24, 2.45) is 5.73 Å². The van der Waals surface area contributed by atoms with Crippen molar-refractivity contribution in [3.05, 3.63) is 18.0 Å². The molecule has 0 spiro atoms. The Morgan fingerprint density at radius 3 is 2.95 bits per heavy atom. The Morgan fingerprint density at radius 2 is 2.16 bits per heavy atom. The van der Waals surface area contributed by atoms with Crippen LogP contribution in [0.5, 0.6) is 0 Å². The van der Waals surface area contributed by atoms with Gasteiger partial charge in [0.1, 0.15) is 11.5 Å². The molecule has 1 aromatic rings. The Bertz CT molecular complexity index is 488. The van der Waals surface area contributed by atoms with E-state index in [4.69, 9.17) is 11.1 Å². The molecule has 0 amide bonds. The maximum atomic E-state index is 7.46. The minimum Gasteiger partial charge on any atom is -0.382 e. The summed E-state index contributed by atoms with van der Waals surface area (Å²) in [5.41, 5.74) is 6.00. The molecule has 2 bridgehead atoms. The molecule has 3 N–H and O–H groups in total. The minimum atomic E-state index is -0.00268. The van der Waals surface area contributed by atoms with E-state index in [0.717, 1.165) is 19.5 Å². The molecular formula is C13H20N6. The summed E-state index contributed by atoms with van der Waals surface area (Å²) < 4.78 is 0. The van der Waals surface area contributed by atoms with Gasteiger partial charge in [-0.25, -0.2) is 9.97 Å². The number of nitrogen functional groups attached to an aromatic ring is 1. The first-order valence-electron chi connectivity index (χ1n) is 6.79. The van der Waals surface area contributed by atoms with E-state index in [9.17, 15) is 0 Å². The first kappa shape index (κ1) is 12.3. The number of fused-ring (bicyclic) bond motifs is 2. The second-order valence-electron chi connectivity index (χ2n) is 5.44. The van der Waals surface area contributed by atoms with Gasteiger partial charge in [0.15, 0.2) is 0 Å². The number of anilines is 1. The molecule has 1 aromatic heterocycles. The highest BCUT2D eigenvalue weighted by atomic mass is 15.3. The Kier molecular flexibility index (Phi) is 3.10. The van der Waals surface area contributed by atoms with Gasteiger partial charge in [-0.1, -0.05) is 0 Å². The van der Waals surface area contributed by atoms with E-state index >= 15 is 0 Å². The number of hydrogen-bond donors (Lipinski definition) is 2. The molecule has 102 valence electrons. The number of amidine groups is 1. The highest BCUT2D eigenvalue weighted by Gasteiger charge is 2.35. The van der Waals surface area contributed by atoms with Crippen LogP contribution < -0.4 is 10.6 Å². The molecule has 2 fully saturated rings. The summed E-state index contributed by atoms with van der Waals surface area (Å²) in [6, 6.07) is 2.98. The van der Waals surface area contributed by atoms with Crippen LogP contribution in [0.3, 0.4) is 0 Å². The minimum absolute atomic E-state index is 0.00268. The summed E-state index contributed by atoms with van der Waals surface area (Å²) in [6.45, 7) is 1.95. The average Bonchev–Trinajstić information content (AvgIpc) is 2.63. The van der Waals surface area contributed by atoms with Gasteiger partial charge in [-0.3, -0.25) is 10.3 Å². The number of likely N-dealkylation sites (N-methyl/N-ethyl adjacent to an activating group) is 1. The second-order valence-corrected chi connectivity index (χ2v) is 5.44. The van der Waals surface area contributed by atoms with E-state index in [1.165, 1.54) is 12.8 Å². The van der Waals surface area contributed by atoms with E-state index in [0.29, 0.717) is 23.7 Å². The normalized spacial score (nSPS) is 27.3. The predicted octanol–water partition coefficient (Wildman–Crippen LogP) is 0.434. The lowest BCUT2D eigenvalue weighted by Gasteiger charge is -2.25. The topological polar surface area (TPSA) is 82.1 Å². The van der Waals surface area contributed by atoms with Crippen LogP contribution in [0.4, 0.5) is 5.95 Å². The number of nitrogens with one attached hydrogen (secondary N) is 1. The van der Waals surface area contributed by atoms with Gasteiger partial charge in [0, 0.05) is 31.4 Å². The van der Waals surface area contributed by atoms with Crippen LogP contribution in [0.25, 0.3) is 0 Å². The van der Waals surface area contributed by atoms with Crippen LogP contribution in [0.15, 0.2) is 12.3 Å². The highest BCUT2D eigenvalue weighted by Crippen LogP contribution is 2.29. The Hall–Kier alpha value is -1.69. The van der Waals surface area contributed by atoms with Gasteiger partial charge in [0.05, 0.1) is 0 Å². The fourth-order valence-corrected chi connectivity index (χ4v) is 3.14. The lowest BCUT2D eigenvalue weighted by Crippen LogP contribution is -2.37. The molecule has 0 aliphatic carbocycles. The molecule has 2 aliphatic rings. The lowest BCUT2D eigenvalue weighted by atomic mass is 10.1. The van der Waals surface area contributed by atoms with E-state index in [1.54, 1.807) is 12.3 Å². The molecule has 6 heteroatoms. The van der Waals surface area contributed by atoms with Crippen LogP contribution in [-0.4, -0.2) is 52.9 Å². The fraction of sp³-hybridized carbons (Fsp3) is 0.615. The molecule has 3 heterocycles. The first-order valence-corrected chi connectivity index (χ1v) is 6.79. The van der Waals surface area contributed by atoms with E-state index < -0.39 is 0 Å². The van der Waals surface area contributed by atoms with Gasteiger partial charge < -0.3 is 10.6 Å². The summed E-state index contributed by atoms with van der Waals surface area (Å²) >= 11 is 0. The lowest BCUT2D eigenvalue weighted by molar-refractivity contribution is 0.254. The number of aromatic nitrogens is 2. The summed E-state index contributed by atoms with van der Waals surface area (Å²) in [4.78, 5) is 13.5. The van der Waals surface area contributed by atoms with Gasteiger partial charge in [0.25, 0.3) is 0 Å². The molecule has 2 unspecified atom stereocenters. The standard InChI is InChI=1S/C13H20N6/c1-18-9-2-3-10(18)8-19(7-5-9)13-16-6-4-11(17-13)12(14)15/h4,6,9-10H,2-3,5,7-8H2,1H3,(H3,14,15). The van der Waals surface area contributed by atoms with Crippen LogP contribution in [0.2, 0.25) is 0 Å². The van der Waals surface area contributed by atoms with Gasteiger partial charge in [0.2, 0.25) is 5.95 Å². The molecular weight excluding hydrogens is 240 g/mol. The van der Waals surface area contributed by atoms with Crippen LogP contribution in [0, 0.1) is 5.41 Å². The molecule has 6 nitrogen and oxygen atoms in total. The second kappa shape index (κ2) is 4.77. The van der Waals surface area contributed by atoms with Crippen molar-refractivity contribution in [1.29, 1.82) is 5.41 Å². The van der Waals surface area contributed by atoms with Crippen molar-refractivity contribution in [1.82, 2.24) is 14.9 Å². The average molecular weight is 260 g/mol. The number of hydrogen-bond acceptors (Lipinski definition) is 5. The molecule has 2 saturated heterocycles. The fourth-order valence-electron chi connectivity index (χ4n) is 3.14. The van der Waals surface area contributed by atoms with Crippen molar-refractivity contribution in [2.75, 3.05) is 25.0 Å². The molecule has 2 aliphatic heterocycles. The predicted molar refractivity (Wildman–Crippen MR) is 74.5 cm³/mol. The third-order valence-electron chi connectivity index (χ3n) is 4.35. The smallest absolute Gasteiger partial charge is 0.226 e. The van der Waals surface area contributed by atoms with E-state index in [-0.39, 0.29) is 5.84 Å². The van der Waals surface area contributed by atoms with Gasteiger partial charge in [-0.05, 0) is 32.4 Å². The molecule has 0 aromatic carbocycles. The molecule has 0 radical (unpaired) electrons. The quantitative estimate of drug-likeness (QED) is 0.595. The largest absolute Gasteiger partial charge is 0.382 e. The SMILES string of the molecule is CN1C2CCC1CN(c1nccc(C(=N)N)n1)CC2. The third kappa shape index (κ3) is 2.28. The van der Waals surface area contributed by atoms with Crippen LogP contribution in [0.1, 0.15) is 25.0 Å². The van der Waals surface area contributed by atoms with Crippen molar-refractivity contribution < 1.29 is 0 Å². The molecule has 0 saturated carbocycles. The molecule has 2 atom stereocenters.